The summed E-state index contributed by atoms with van der Waals surface area (Å²) in [5.41, 5.74) is 2.19. The fourth-order valence-corrected chi connectivity index (χ4v) is 9.63. The minimum atomic E-state index is -3.98. The topological polar surface area (TPSA) is 119 Å². The molecule has 2 N–H and O–H groups in total. The van der Waals surface area contributed by atoms with Gasteiger partial charge >= 0.3 is 0 Å². The molecule has 0 radical (unpaired) electrons. The van der Waals surface area contributed by atoms with Crippen molar-refractivity contribution in [1.82, 2.24) is 14.5 Å². The Bertz CT molecular complexity index is 1660. The Kier molecular flexibility index (Phi) is 10.8. The van der Waals surface area contributed by atoms with Crippen LogP contribution >= 0.6 is 11.6 Å². The summed E-state index contributed by atoms with van der Waals surface area (Å²) in [5.74, 6) is 0.00624. The normalized spacial score (nSPS) is 30.1. The number of carbonyl (C=O) groups is 2. The summed E-state index contributed by atoms with van der Waals surface area (Å²) in [5, 5.41) is 12.5. The number of carbonyl (C=O) groups excluding carboxylic acids is 2. The number of halogens is 1. The molecule has 268 valence electrons. The Balaban J connectivity index is 1.37. The lowest BCUT2D eigenvalue weighted by atomic mass is 9.62. The Morgan fingerprint density at radius 2 is 1.82 bits per heavy atom. The van der Waals surface area contributed by atoms with Gasteiger partial charge in [0.25, 0.3) is 5.91 Å². The van der Waals surface area contributed by atoms with Crippen molar-refractivity contribution in [3.05, 3.63) is 58.1 Å². The van der Waals surface area contributed by atoms with E-state index in [4.69, 9.17) is 16.3 Å². The van der Waals surface area contributed by atoms with Crippen molar-refractivity contribution < 1.29 is 27.9 Å². The molecule has 2 bridgehead atoms. The Morgan fingerprint density at radius 3 is 2.57 bits per heavy atom. The number of anilines is 1. The largest absolute Gasteiger partial charge is 0.487 e. The number of piperazine rings is 1. The third-order valence-corrected chi connectivity index (χ3v) is 13.8. The van der Waals surface area contributed by atoms with Gasteiger partial charge in [-0.05, 0) is 111 Å². The lowest BCUT2D eigenvalue weighted by Crippen LogP contribution is -2.59. The monoisotopic (exact) mass is 714 g/mol. The Morgan fingerprint density at radius 1 is 1.00 bits per heavy atom. The Hall–Kier alpha value is -2.86. The van der Waals surface area contributed by atoms with E-state index in [1.54, 1.807) is 30.0 Å². The van der Waals surface area contributed by atoms with Gasteiger partial charge in [-0.2, -0.15) is 0 Å². The van der Waals surface area contributed by atoms with E-state index >= 15 is 0 Å². The molecule has 49 heavy (non-hydrogen) atoms. The maximum absolute atomic E-state index is 13.5. The zero-order valence-corrected chi connectivity index (χ0v) is 30.6. The number of nitrogens with zero attached hydrogens (tertiary/aromatic N) is 3. The highest BCUT2D eigenvalue weighted by Gasteiger charge is 2.48. The number of likely N-dealkylation sites (N-methyl/N-ethyl adjacent to an activating group) is 1. The van der Waals surface area contributed by atoms with Crippen molar-refractivity contribution in [2.45, 2.75) is 82.7 Å². The SMILES string of the molecule is C[C@@H]1[C@@H](C)CCC[C@@](O)(CN2CCN(C)C(=O)C2)[C@@H]2CC[C@H]2CN2CCCCc3cc(Cl)ccc3COc3ccc(cc32)C(=O)NS1(=O)=O. The molecule has 2 fully saturated rings. The van der Waals surface area contributed by atoms with Crippen LogP contribution in [0.4, 0.5) is 5.69 Å². The number of hydrogen-bond acceptors (Lipinski definition) is 8. The molecule has 0 unspecified atom stereocenters. The van der Waals surface area contributed by atoms with Crippen molar-refractivity contribution in [2.24, 2.45) is 17.8 Å². The van der Waals surface area contributed by atoms with Crippen molar-refractivity contribution in [2.75, 3.05) is 51.2 Å². The quantitative estimate of drug-likeness (QED) is 0.453. The van der Waals surface area contributed by atoms with Gasteiger partial charge < -0.3 is 19.6 Å². The number of fused-ring (bicyclic) bond motifs is 3. The van der Waals surface area contributed by atoms with Gasteiger partial charge in [-0.3, -0.25) is 14.5 Å². The molecule has 0 spiro atoms. The number of rotatable bonds is 2. The van der Waals surface area contributed by atoms with Gasteiger partial charge in [-0.25, -0.2) is 13.1 Å². The van der Waals surface area contributed by atoms with Gasteiger partial charge in [-0.1, -0.05) is 31.0 Å². The first kappa shape index (κ1) is 35.9. The summed E-state index contributed by atoms with van der Waals surface area (Å²) >= 11 is 6.36. The molecule has 1 saturated carbocycles. The number of hydrogen-bond donors (Lipinski definition) is 2. The average Bonchev–Trinajstić information content (AvgIpc) is 3.06. The van der Waals surface area contributed by atoms with E-state index in [0.29, 0.717) is 69.4 Å². The van der Waals surface area contributed by atoms with E-state index in [-0.39, 0.29) is 35.8 Å². The summed E-state index contributed by atoms with van der Waals surface area (Å²) in [4.78, 5) is 32.2. The number of ether oxygens (including phenoxy) is 1. The number of amides is 2. The lowest BCUT2D eigenvalue weighted by Gasteiger charge is -2.51. The van der Waals surface area contributed by atoms with Crippen molar-refractivity contribution in [3.8, 4) is 5.75 Å². The molecule has 2 amide bonds. The summed E-state index contributed by atoms with van der Waals surface area (Å²) < 4.78 is 35.7. The summed E-state index contributed by atoms with van der Waals surface area (Å²) in [6.07, 6.45) is 6.29. The minimum absolute atomic E-state index is 0.0204. The van der Waals surface area contributed by atoms with Crippen molar-refractivity contribution in [3.63, 3.8) is 0 Å². The van der Waals surface area contributed by atoms with Crippen molar-refractivity contribution in [1.29, 1.82) is 0 Å². The van der Waals surface area contributed by atoms with Crippen LogP contribution in [-0.4, -0.2) is 92.3 Å². The second-order valence-corrected chi connectivity index (χ2v) is 17.4. The summed E-state index contributed by atoms with van der Waals surface area (Å²) in [6, 6.07) is 11.0. The zero-order chi connectivity index (χ0) is 34.9. The van der Waals surface area contributed by atoms with Crippen LogP contribution < -0.4 is 14.4 Å². The van der Waals surface area contributed by atoms with E-state index in [1.807, 2.05) is 32.2 Å². The van der Waals surface area contributed by atoms with Gasteiger partial charge in [0.2, 0.25) is 15.9 Å². The van der Waals surface area contributed by atoms with E-state index in [1.165, 1.54) is 0 Å². The zero-order valence-electron chi connectivity index (χ0n) is 29.0. The molecule has 5 atom stereocenters. The van der Waals surface area contributed by atoms with Crippen LogP contribution in [-0.2, 0) is 27.8 Å². The van der Waals surface area contributed by atoms with Gasteiger partial charge in [0.15, 0.2) is 0 Å². The molecule has 2 aromatic carbocycles. The first-order chi connectivity index (χ1) is 23.3. The second kappa shape index (κ2) is 14.8. The first-order valence-corrected chi connectivity index (χ1v) is 19.8. The molecule has 3 heterocycles. The molecule has 0 aromatic heterocycles. The summed E-state index contributed by atoms with van der Waals surface area (Å²) in [7, 11) is -2.16. The molecule has 1 saturated heterocycles. The predicted molar refractivity (Wildman–Crippen MR) is 191 cm³/mol. The highest BCUT2D eigenvalue weighted by molar-refractivity contribution is 7.90. The van der Waals surface area contributed by atoms with E-state index < -0.39 is 26.8 Å². The maximum Gasteiger partial charge on any atom is 0.264 e. The van der Waals surface area contributed by atoms with Crippen LogP contribution in [0, 0.1) is 17.8 Å². The van der Waals surface area contributed by atoms with Crippen LogP contribution in [0.25, 0.3) is 0 Å². The number of aryl methyl sites for hydroxylation is 1. The number of benzene rings is 2. The fraction of sp³-hybridized carbons (Fsp3) is 0.622. The van der Waals surface area contributed by atoms with Gasteiger partial charge in [0.1, 0.15) is 12.4 Å². The number of nitrogens with one attached hydrogen (secondary N) is 1. The highest BCUT2D eigenvalue weighted by Crippen LogP contribution is 2.46. The smallest absolute Gasteiger partial charge is 0.264 e. The molecule has 10 nitrogen and oxygen atoms in total. The predicted octanol–water partition coefficient (Wildman–Crippen LogP) is 4.86. The Labute approximate surface area is 296 Å². The molecule has 3 aliphatic heterocycles. The molecule has 12 heteroatoms. The van der Waals surface area contributed by atoms with Gasteiger partial charge in [0.05, 0.1) is 23.1 Å². The van der Waals surface area contributed by atoms with E-state index in [2.05, 4.69) is 14.5 Å². The maximum atomic E-state index is 13.5. The van der Waals surface area contributed by atoms with Crippen LogP contribution in [0.2, 0.25) is 5.02 Å². The van der Waals surface area contributed by atoms with Gasteiger partial charge in [-0.15, -0.1) is 0 Å². The van der Waals surface area contributed by atoms with E-state index in [9.17, 15) is 23.1 Å². The third kappa shape index (κ3) is 8.05. The number of sulfonamides is 1. The number of β-amino-alcohol motifs (C(OH)–C–C–N with tert-alkyl or cyclic N) is 1. The van der Waals surface area contributed by atoms with E-state index in [0.717, 1.165) is 48.9 Å². The van der Waals surface area contributed by atoms with Crippen LogP contribution in [0.1, 0.15) is 80.3 Å². The molecular formula is C37H51ClN4O6S. The standard InChI is InChI=1S/C37H51ClN4O6S/c1-25-7-6-15-37(45,24-41-18-17-40(3)35(43)22-41)32-13-10-29(32)21-42-16-5-4-8-27-19-31(38)12-9-30(27)23-48-34-14-11-28(20-33(34)42)36(44)39-49(46,47)26(25)2/h9,11-12,14,19-20,25-26,29,32,45H,4-8,10,13,15-18,21-24H2,1-3H3,(H,39,44)/t25-,26+,29-,32+,37+/m0/s1. The molecule has 2 aromatic rings. The lowest BCUT2D eigenvalue weighted by molar-refractivity contribution is -0.140. The van der Waals surface area contributed by atoms with Crippen LogP contribution in [0.15, 0.2) is 36.4 Å². The van der Waals surface area contributed by atoms with Crippen molar-refractivity contribution >= 4 is 39.1 Å². The third-order valence-electron chi connectivity index (χ3n) is 11.6. The van der Waals surface area contributed by atoms with Gasteiger partial charge in [0, 0.05) is 50.4 Å². The minimum Gasteiger partial charge on any atom is -0.487 e. The van der Waals surface area contributed by atoms with Crippen LogP contribution in [0.5, 0.6) is 5.75 Å². The first-order valence-electron chi connectivity index (χ1n) is 17.9. The molecule has 6 rings (SSSR count). The summed E-state index contributed by atoms with van der Waals surface area (Å²) in [6.45, 7) is 7.28. The molecular weight excluding hydrogens is 664 g/mol. The average molecular weight is 715 g/mol. The molecule has 1 aliphatic carbocycles. The highest BCUT2D eigenvalue weighted by atomic mass is 35.5. The molecule has 4 aliphatic rings. The fourth-order valence-electron chi connectivity index (χ4n) is 8.12. The second-order valence-electron chi connectivity index (χ2n) is 14.9. The van der Waals surface area contributed by atoms with Crippen LogP contribution in [0.3, 0.4) is 0 Å². The number of aliphatic hydroxyl groups is 1.